The van der Waals surface area contributed by atoms with Gasteiger partial charge in [-0.25, -0.2) is 4.79 Å². The van der Waals surface area contributed by atoms with Crippen LogP contribution in [0.4, 0.5) is 0 Å². The molecule has 0 atom stereocenters. The van der Waals surface area contributed by atoms with Gasteiger partial charge >= 0.3 is 5.97 Å². The monoisotopic (exact) mass is 188 g/mol. The number of hydrogen-bond donors (Lipinski definition) is 0. The summed E-state index contributed by atoms with van der Waals surface area (Å²) in [5.41, 5.74) is 0. The molecule has 0 rings (SSSR count). The number of ketones is 1. The fourth-order valence-corrected chi connectivity index (χ4v) is 0.792. The van der Waals surface area contributed by atoms with E-state index in [4.69, 9.17) is 4.74 Å². The fraction of sp³-hybridized carbons (Fsp3) is 0.778. The molecule has 4 heteroatoms. The first-order valence-electron chi connectivity index (χ1n) is 4.37. The summed E-state index contributed by atoms with van der Waals surface area (Å²) in [6.07, 6.45) is 1.63. The zero-order valence-corrected chi connectivity index (χ0v) is 8.17. The van der Waals surface area contributed by atoms with Crippen LogP contribution in [0.25, 0.3) is 0 Å². The third-order valence-electron chi connectivity index (χ3n) is 1.52. The highest BCUT2D eigenvalue weighted by atomic mass is 16.6. The van der Waals surface area contributed by atoms with Crippen LogP contribution in [0.3, 0.4) is 0 Å². The van der Waals surface area contributed by atoms with E-state index in [0.717, 1.165) is 0 Å². The second kappa shape index (κ2) is 7.73. The molecule has 13 heavy (non-hydrogen) atoms. The van der Waals surface area contributed by atoms with Gasteiger partial charge in [0.15, 0.2) is 0 Å². The summed E-state index contributed by atoms with van der Waals surface area (Å²) in [5.74, 6) is -0.186. The van der Waals surface area contributed by atoms with E-state index in [0.29, 0.717) is 25.9 Å². The molecule has 4 nitrogen and oxygen atoms in total. The molecule has 76 valence electrons. The normalized spacial score (nSPS) is 9.69. The summed E-state index contributed by atoms with van der Waals surface area (Å²) in [5, 5.41) is 0. The third-order valence-corrected chi connectivity index (χ3v) is 1.52. The van der Waals surface area contributed by atoms with Crippen LogP contribution in [0.15, 0.2) is 0 Å². The van der Waals surface area contributed by atoms with Gasteiger partial charge in [0.25, 0.3) is 0 Å². The lowest BCUT2D eigenvalue weighted by Crippen LogP contribution is -2.12. The SMILES string of the molecule is CCC(=O)CCCOC(=O)COC. The lowest BCUT2D eigenvalue weighted by Gasteiger charge is -2.02. The Hall–Kier alpha value is -0.900. The standard InChI is InChI=1S/C9H16O4/c1-3-8(10)5-4-6-13-9(11)7-12-2/h3-7H2,1-2H3. The van der Waals surface area contributed by atoms with Gasteiger partial charge < -0.3 is 9.47 Å². The van der Waals surface area contributed by atoms with Crippen molar-refractivity contribution in [1.82, 2.24) is 0 Å². The number of methoxy groups -OCH3 is 1. The van der Waals surface area contributed by atoms with Crippen molar-refractivity contribution >= 4 is 11.8 Å². The maximum atomic E-state index is 10.8. The van der Waals surface area contributed by atoms with Crippen molar-refractivity contribution in [1.29, 1.82) is 0 Å². The average Bonchev–Trinajstić information content (AvgIpc) is 2.12. The highest BCUT2D eigenvalue weighted by Gasteiger charge is 2.02. The summed E-state index contributed by atoms with van der Waals surface area (Å²) in [4.78, 5) is 21.5. The van der Waals surface area contributed by atoms with Crippen LogP contribution in [0, 0.1) is 0 Å². The van der Waals surface area contributed by atoms with E-state index in [2.05, 4.69) is 4.74 Å². The Morgan fingerprint density at radius 3 is 2.54 bits per heavy atom. The molecule has 0 aliphatic carbocycles. The van der Waals surface area contributed by atoms with Crippen molar-refractivity contribution in [3.8, 4) is 0 Å². The molecule has 0 fully saturated rings. The molecule has 0 amide bonds. The molecule has 0 saturated carbocycles. The van der Waals surface area contributed by atoms with Crippen molar-refractivity contribution in [2.45, 2.75) is 26.2 Å². The van der Waals surface area contributed by atoms with Crippen molar-refractivity contribution in [3.63, 3.8) is 0 Å². The smallest absolute Gasteiger partial charge is 0.332 e. The van der Waals surface area contributed by atoms with E-state index in [1.165, 1.54) is 7.11 Å². The Morgan fingerprint density at radius 2 is 2.00 bits per heavy atom. The summed E-state index contributed by atoms with van der Waals surface area (Å²) in [7, 11) is 1.43. The zero-order valence-electron chi connectivity index (χ0n) is 8.17. The maximum Gasteiger partial charge on any atom is 0.332 e. The molecule has 0 aromatic carbocycles. The number of carbonyl (C=O) groups is 2. The van der Waals surface area contributed by atoms with Gasteiger partial charge in [0.1, 0.15) is 12.4 Å². The minimum absolute atomic E-state index is 0.0261. The quantitative estimate of drug-likeness (QED) is 0.440. The van der Waals surface area contributed by atoms with Crippen molar-refractivity contribution in [2.24, 2.45) is 0 Å². The lowest BCUT2D eigenvalue weighted by molar-refractivity contribution is -0.148. The number of carbonyl (C=O) groups excluding carboxylic acids is 2. The largest absolute Gasteiger partial charge is 0.464 e. The highest BCUT2D eigenvalue weighted by Crippen LogP contribution is 1.95. The molecule has 0 aliphatic rings. The van der Waals surface area contributed by atoms with Crippen LogP contribution in [0.5, 0.6) is 0 Å². The van der Waals surface area contributed by atoms with Gasteiger partial charge in [-0.2, -0.15) is 0 Å². The molecule has 0 radical (unpaired) electrons. The minimum atomic E-state index is -0.383. The van der Waals surface area contributed by atoms with E-state index < -0.39 is 0 Å². The Kier molecular flexibility index (Phi) is 7.20. The number of rotatable bonds is 7. The lowest BCUT2D eigenvalue weighted by atomic mass is 10.2. The van der Waals surface area contributed by atoms with Crippen LogP contribution >= 0.6 is 0 Å². The van der Waals surface area contributed by atoms with Crippen molar-refractivity contribution < 1.29 is 19.1 Å². The van der Waals surface area contributed by atoms with Gasteiger partial charge in [0, 0.05) is 20.0 Å². The summed E-state index contributed by atoms with van der Waals surface area (Å²) in [6, 6.07) is 0. The fourth-order valence-electron chi connectivity index (χ4n) is 0.792. The Bertz CT molecular complexity index is 165. The van der Waals surface area contributed by atoms with Gasteiger partial charge in [0.2, 0.25) is 0 Å². The van der Waals surface area contributed by atoms with Gasteiger partial charge in [-0.15, -0.1) is 0 Å². The van der Waals surface area contributed by atoms with Crippen LogP contribution in [-0.4, -0.2) is 32.1 Å². The Balaban J connectivity index is 3.25. The van der Waals surface area contributed by atoms with E-state index in [1.54, 1.807) is 0 Å². The van der Waals surface area contributed by atoms with Crippen molar-refractivity contribution in [3.05, 3.63) is 0 Å². The summed E-state index contributed by atoms with van der Waals surface area (Å²) < 4.78 is 9.32. The van der Waals surface area contributed by atoms with E-state index in [9.17, 15) is 9.59 Å². The molecule has 0 spiro atoms. The van der Waals surface area contributed by atoms with Gasteiger partial charge in [-0.1, -0.05) is 6.92 Å². The van der Waals surface area contributed by atoms with Crippen LogP contribution in [-0.2, 0) is 19.1 Å². The Labute approximate surface area is 78.2 Å². The molecule has 0 aromatic rings. The van der Waals surface area contributed by atoms with Gasteiger partial charge in [0.05, 0.1) is 6.61 Å². The maximum absolute atomic E-state index is 10.8. The van der Waals surface area contributed by atoms with Crippen molar-refractivity contribution in [2.75, 3.05) is 20.3 Å². The molecular weight excluding hydrogens is 172 g/mol. The van der Waals surface area contributed by atoms with Crippen LogP contribution in [0.1, 0.15) is 26.2 Å². The second-order valence-corrected chi connectivity index (χ2v) is 2.65. The number of Topliss-reactive ketones (excluding diaryl/α,β-unsaturated/α-hetero) is 1. The van der Waals surface area contributed by atoms with E-state index in [1.807, 2.05) is 6.92 Å². The minimum Gasteiger partial charge on any atom is -0.464 e. The Morgan fingerprint density at radius 1 is 1.31 bits per heavy atom. The molecule has 0 heterocycles. The molecule has 0 bridgehead atoms. The summed E-state index contributed by atoms with van der Waals surface area (Å²) in [6.45, 7) is 2.09. The first-order chi connectivity index (χ1) is 6.20. The molecule has 0 saturated heterocycles. The molecular formula is C9H16O4. The highest BCUT2D eigenvalue weighted by molar-refractivity contribution is 5.78. The number of ether oxygens (including phenoxy) is 2. The number of hydrogen-bond acceptors (Lipinski definition) is 4. The average molecular weight is 188 g/mol. The first-order valence-corrected chi connectivity index (χ1v) is 4.37. The van der Waals surface area contributed by atoms with Gasteiger partial charge in [-0.3, -0.25) is 4.79 Å². The number of esters is 1. The van der Waals surface area contributed by atoms with E-state index >= 15 is 0 Å². The second-order valence-electron chi connectivity index (χ2n) is 2.65. The topological polar surface area (TPSA) is 52.6 Å². The molecule has 0 unspecified atom stereocenters. The third kappa shape index (κ3) is 7.46. The van der Waals surface area contributed by atoms with Crippen LogP contribution < -0.4 is 0 Å². The zero-order chi connectivity index (χ0) is 10.1. The first kappa shape index (κ1) is 12.1. The molecule has 0 aliphatic heterocycles. The van der Waals surface area contributed by atoms with E-state index in [-0.39, 0.29) is 18.4 Å². The molecule has 0 N–H and O–H groups in total. The van der Waals surface area contributed by atoms with Gasteiger partial charge in [-0.05, 0) is 6.42 Å². The predicted molar refractivity (Wildman–Crippen MR) is 47.4 cm³/mol. The van der Waals surface area contributed by atoms with Crippen LogP contribution in [0.2, 0.25) is 0 Å². The molecule has 0 aromatic heterocycles. The predicted octanol–water partition coefficient (Wildman–Crippen LogP) is 0.935. The summed E-state index contributed by atoms with van der Waals surface area (Å²) >= 11 is 0.